The summed E-state index contributed by atoms with van der Waals surface area (Å²) < 4.78 is 16.9. The topological polar surface area (TPSA) is 78.9 Å². The molecule has 0 radical (unpaired) electrons. The van der Waals surface area contributed by atoms with Crippen LogP contribution in [-0.4, -0.2) is 37.2 Å². The van der Waals surface area contributed by atoms with Crippen molar-refractivity contribution in [3.63, 3.8) is 0 Å². The Morgan fingerprint density at radius 1 is 0.300 bits per heavy atom. The molecule has 6 heteroatoms. The maximum atomic E-state index is 12.9. The Kier molecular flexibility index (Phi) is 56.3. The van der Waals surface area contributed by atoms with E-state index in [2.05, 4.69) is 81.5 Å². The van der Waals surface area contributed by atoms with E-state index in [0.717, 1.165) is 96.3 Å². The molecule has 1 atom stereocenters. The summed E-state index contributed by atoms with van der Waals surface area (Å²) in [4.78, 5) is 38.2. The zero-order chi connectivity index (χ0) is 50.7. The number of esters is 3. The maximum Gasteiger partial charge on any atom is 0.306 e. The van der Waals surface area contributed by atoms with E-state index in [4.69, 9.17) is 14.2 Å². The molecular formula is C64H114O6. The van der Waals surface area contributed by atoms with Crippen LogP contribution >= 0.6 is 0 Å². The van der Waals surface area contributed by atoms with Crippen molar-refractivity contribution in [1.82, 2.24) is 0 Å². The average Bonchev–Trinajstić information content (AvgIpc) is 3.36. The lowest BCUT2D eigenvalue weighted by molar-refractivity contribution is -0.167. The van der Waals surface area contributed by atoms with Crippen molar-refractivity contribution in [2.24, 2.45) is 0 Å². The van der Waals surface area contributed by atoms with Crippen molar-refractivity contribution in [2.75, 3.05) is 13.2 Å². The van der Waals surface area contributed by atoms with Crippen LogP contribution in [0.1, 0.15) is 310 Å². The van der Waals surface area contributed by atoms with Crippen LogP contribution in [0.4, 0.5) is 0 Å². The molecule has 0 spiro atoms. The third kappa shape index (κ3) is 56.0. The molecule has 0 fully saturated rings. The summed E-state index contributed by atoms with van der Waals surface area (Å²) in [5, 5.41) is 0. The molecule has 406 valence electrons. The molecule has 0 aromatic carbocycles. The van der Waals surface area contributed by atoms with Gasteiger partial charge in [-0.05, 0) is 64.2 Å². The first-order chi connectivity index (χ1) is 34.5. The minimum atomic E-state index is -0.772. The van der Waals surface area contributed by atoms with Gasteiger partial charge in [0, 0.05) is 19.3 Å². The molecule has 0 N–H and O–H groups in total. The zero-order valence-corrected chi connectivity index (χ0v) is 46.5. The van der Waals surface area contributed by atoms with Gasteiger partial charge in [-0.3, -0.25) is 14.4 Å². The minimum absolute atomic E-state index is 0.0710. The number of carbonyl (C=O) groups excluding carboxylic acids is 3. The van der Waals surface area contributed by atoms with E-state index in [1.165, 1.54) is 173 Å². The summed E-state index contributed by atoms with van der Waals surface area (Å²) in [5.41, 5.74) is 0. The first-order valence-electron chi connectivity index (χ1n) is 30.3. The second-order valence-electron chi connectivity index (χ2n) is 20.2. The molecule has 0 aliphatic carbocycles. The van der Waals surface area contributed by atoms with E-state index in [1.807, 2.05) is 0 Å². The molecule has 0 amide bonds. The molecule has 0 saturated carbocycles. The number of hydrogen-bond donors (Lipinski definition) is 0. The van der Waals surface area contributed by atoms with Gasteiger partial charge in [0.15, 0.2) is 6.10 Å². The van der Waals surface area contributed by atoms with Crippen molar-refractivity contribution in [2.45, 2.75) is 316 Å². The molecule has 0 aromatic rings. The molecule has 6 nitrogen and oxygen atoms in total. The van der Waals surface area contributed by atoms with Crippen molar-refractivity contribution in [1.29, 1.82) is 0 Å². The number of hydrogen-bond acceptors (Lipinski definition) is 6. The number of ether oxygens (including phenoxy) is 3. The maximum absolute atomic E-state index is 12.9. The van der Waals surface area contributed by atoms with E-state index in [9.17, 15) is 14.4 Å². The van der Waals surface area contributed by atoms with Crippen molar-refractivity contribution in [3.8, 4) is 0 Å². The fourth-order valence-electron chi connectivity index (χ4n) is 8.77. The van der Waals surface area contributed by atoms with Crippen LogP contribution in [0.5, 0.6) is 0 Å². The zero-order valence-electron chi connectivity index (χ0n) is 46.5. The summed E-state index contributed by atoms with van der Waals surface area (Å²) >= 11 is 0. The van der Waals surface area contributed by atoms with Crippen LogP contribution in [0.3, 0.4) is 0 Å². The molecule has 0 bridgehead atoms. The van der Waals surface area contributed by atoms with Crippen LogP contribution in [0.25, 0.3) is 0 Å². The summed E-state index contributed by atoms with van der Waals surface area (Å²) in [6.07, 6.45) is 73.6. The van der Waals surface area contributed by atoms with Crippen LogP contribution in [0.2, 0.25) is 0 Å². The minimum Gasteiger partial charge on any atom is -0.462 e. The van der Waals surface area contributed by atoms with Gasteiger partial charge in [0.2, 0.25) is 0 Å². The van der Waals surface area contributed by atoms with E-state index < -0.39 is 6.10 Å². The molecular weight excluding hydrogens is 865 g/mol. The quantitative estimate of drug-likeness (QED) is 0.0261. The Bertz CT molecular complexity index is 1260. The largest absolute Gasteiger partial charge is 0.462 e. The number of rotatable bonds is 55. The highest BCUT2D eigenvalue weighted by atomic mass is 16.6. The number of allylic oxidation sites excluding steroid dienone is 10. The van der Waals surface area contributed by atoms with Gasteiger partial charge in [-0.1, -0.05) is 287 Å². The SMILES string of the molecule is CC/C=C\C/C=C\C/C=C\C/C=C\C/C=C\CCCCCCCCCCCC(=O)OCC(COC(=O)CCCCCCCCCCCCCCC)OC(=O)CCCCCCCCCCCCCCCC. The Morgan fingerprint density at radius 2 is 0.557 bits per heavy atom. The Balaban J connectivity index is 4.28. The molecule has 0 heterocycles. The lowest BCUT2D eigenvalue weighted by Gasteiger charge is -2.18. The van der Waals surface area contributed by atoms with Gasteiger partial charge in [-0.25, -0.2) is 0 Å². The van der Waals surface area contributed by atoms with Gasteiger partial charge in [0.25, 0.3) is 0 Å². The molecule has 0 saturated heterocycles. The van der Waals surface area contributed by atoms with Gasteiger partial charge in [0.1, 0.15) is 13.2 Å². The number of unbranched alkanes of at least 4 members (excludes halogenated alkanes) is 34. The third-order valence-corrected chi connectivity index (χ3v) is 13.3. The van der Waals surface area contributed by atoms with E-state index in [0.29, 0.717) is 19.3 Å². The highest BCUT2D eigenvalue weighted by Crippen LogP contribution is 2.17. The fraction of sp³-hybridized carbons (Fsp3) is 0.797. The van der Waals surface area contributed by atoms with Crippen LogP contribution in [0, 0.1) is 0 Å². The van der Waals surface area contributed by atoms with E-state index in [1.54, 1.807) is 0 Å². The average molecular weight is 980 g/mol. The standard InChI is InChI=1S/C64H114O6/c1-4-7-10-13-16-19-22-25-27-28-29-30-31-32-33-34-35-36-37-40-42-45-48-51-54-57-63(66)69-60-61(59-68-62(65)56-53-50-47-44-41-38-24-21-18-15-12-9-6-3)70-64(67)58-55-52-49-46-43-39-26-23-20-17-14-11-8-5-2/h7,10,16,19,25,27,29-30,32-33,61H,4-6,8-9,11-15,17-18,20-24,26,28,31,34-60H2,1-3H3/b10-7-,19-16-,27-25-,30-29-,33-32-. The second kappa shape index (κ2) is 58.7. The predicted octanol–water partition coefficient (Wildman–Crippen LogP) is 20.4. The van der Waals surface area contributed by atoms with Crippen molar-refractivity contribution in [3.05, 3.63) is 60.8 Å². The van der Waals surface area contributed by atoms with Crippen molar-refractivity contribution >= 4 is 17.9 Å². The fourth-order valence-corrected chi connectivity index (χ4v) is 8.77. The summed E-state index contributed by atoms with van der Waals surface area (Å²) in [7, 11) is 0. The summed E-state index contributed by atoms with van der Waals surface area (Å²) in [6.45, 7) is 6.56. The monoisotopic (exact) mass is 979 g/mol. The molecule has 0 rings (SSSR count). The van der Waals surface area contributed by atoms with Crippen LogP contribution < -0.4 is 0 Å². The van der Waals surface area contributed by atoms with Gasteiger partial charge >= 0.3 is 17.9 Å². The van der Waals surface area contributed by atoms with Gasteiger partial charge < -0.3 is 14.2 Å². The highest BCUT2D eigenvalue weighted by molar-refractivity contribution is 5.71. The second-order valence-corrected chi connectivity index (χ2v) is 20.2. The van der Waals surface area contributed by atoms with Crippen LogP contribution in [0.15, 0.2) is 60.8 Å². The van der Waals surface area contributed by atoms with E-state index >= 15 is 0 Å². The highest BCUT2D eigenvalue weighted by Gasteiger charge is 2.19. The van der Waals surface area contributed by atoms with Crippen LogP contribution in [-0.2, 0) is 28.6 Å². The van der Waals surface area contributed by atoms with Crippen molar-refractivity contribution < 1.29 is 28.6 Å². The van der Waals surface area contributed by atoms with E-state index in [-0.39, 0.29) is 31.1 Å². The third-order valence-electron chi connectivity index (χ3n) is 13.3. The number of carbonyl (C=O) groups is 3. The molecule has 70 heavy (non-hydrogen) atoms. The normalized spacial score (nSPS) is 12.4. The Labute approximate surface area is 434 Å². The molecule has 1 unspecified atom stereocenters. The van der Waals surface area contributed by atoms with Gasteiger partial charge in [-0.2, -0.15) is 0 Å². The first-order valence-corrected chi connectivity index (χ1v) is 30.3. The smallest absolute Gasteiger partial charge is 0.306 e. The summed E-state index contributed by atoms with van der Waals surface area (Å²) in [5.74, 6) is -0.861. The molecule has 0 aromatic heterocycles. The predicted molar refractivity (Wildman–Crippen MR) is 302 cm³/mol. The van der Waals surface area contributed by atoms with Gasteiger partial charge in [0.05, 0.1) is 0 Å². The summed E-state index contributed by atoms with van der Waals surface area (Å²) in [6, 6.07) is 0. The molecule has 0 aliphatic heterocycles. The lowest BCUT2D eigenvalue weighted by Crippen LogP contribution is -2.30. The first kappa shape index (κ1) is 67.1. The van der Waals surface area contributed by atoms with Gasteiger partial charge in [-0.15, -0.1) is 0 Å². The Hall–Kier alpha value is -2.89. The molecule has 0 aliphatic rings. The Morgan fingerprint density at radius 3 is 0.871 bits per heavy atom. The lowest BCUT2D eigenvalue weighted by atomic mass is 10.0.